The lowest BCUT2D eigenvalue weighted by molar-refractivity contribution is 0.409. The SMILES string of the molecule is CCNc1ccc(/C=C/CC(C)(CC)c2cc(OC)ccc2NC)c(O)c1. The molecular weight excluding hydrogens is 336 g/mol. The third-order valence-electron chi connectivity index (χ3n) is 5.20. The van der Waals surface area contributed by atoms with Crippen LogP contribution in [0.4, 0.5) is 11.4 Å². The van der Waals surface area contributed by atoms with Crippen LogP contribution >= 0.6 is 0 Å². The summed E-state index contributed by atoms with van der Waals surface area (Å²) in [5.74, 6) is 1.16. The maximum absolute atomic E-state index is 10.3. The van der Waals surface area contributed by atoms with Crippen molar-refractivity contribution in [1.82, 2.24) is 0 Å². The standard InChI is InChI=1S/C23H32N2O2/c1-6-23(3,20-16-19(27-5)12-13-21(20)24-4)14-8-9-17-10-11-18(25-7-2)15-22(17)26/h8-13,15-16,24-26H,6-7,14H2,1-5H3/b9-8+. The van der Waals surface area contributed by atoms with Gasteiger partial charge in [-0.1, -0.05) is 26.0 Å². The topological polar surface area (TPSA) is 53.5 Å². The number of aromatic hydroxyl groups is 1. The third-order valence-corrected chi connectivity index (χ3v) is 5.20. The lowest BCUT2D eigenvalue weighted by Gasteiger charge is -2.30. The van der Waals surface area contributed by atoms with Gasteiger partial charge in [0.05, 0.1) is 7.11 Å². The molecule has 0 bridgehead atoms. The van der Waals surface area contributed by atoms with Crippen LogP contribution in [0.1, 0.15) is 44.7 Å². The van der Waals surface area contributed by atoms with Gasteiger partial charge in [0.25, 0.3) is 0 Å². The maximum Gasteiger partial charge on any atom is 0.124 e. The number of phenolic OH excluding ortho intramolecular Hbond substituents is 1. The Bertz CT molecular complexity index is 786. The van der Waals surface area contributed by atoms with Gasteiger partial charge in [-0.15, -0.1) is 0 Å². The van der Waals surface area contributed by atoms with E-state index in [1.165, 1.54) is 5.56 Å². The highest BCUT2D eigenvalue weighted by Crippen LogP contribution is 2.38. The molecule has 0 fully saturated rings. The minimum absolute atomic E-state index is 0.0390. The molecule has 2 rings (SSSR count). The van der Waals surface area contributed by atoms with E-state index in [1.54, 1.807) is 13.2 Å². The molecule has 1 atom stereocenters. The van der Waals surface area contributed by atoms with E-state index < -0.39 is 0 Å². The number of hydrogen-bond acceptors (Lipinski definition) is 4. The average molecular weight is 369 g/mol. The van der Waals surface area contributed by atoms with Crippen molar-refractivity contribution in [3.8, 4) is 11.5 Å². The highest BCUT2D eigenvalue weighted by atomic mass is 16.5. The Morgan fingerprint density at radius 2 is 1.93 bits per heavy atom. The predicted molar refractivity (Wildman–Crippen MR) is 116 cm³/mol. The van der Waals surface area contributed by atoms with Gasteiger partial charge in [-0.05, 0) is 61.1 Å². The lowest BCUT2D eigenvalue weighted by atomic mass is 9.76. The van der Waals surface area contributed by atoms with Gasteiger partial charge in [0.15, 0.2) is 0 Å². The number of ether oxygens (including phenoxy) is 1. The van der Waals surface area contributed by atoms with E-state index in [9.17, 15) is 5.11 Å². The van der Waals surface area contributed by atoms with Gasteiger partial charge in [-0.25, -0.2) is 0 Å². The fourth-order valence-corrected chi connectivity index (χ4v) is 3.26. The molecule has 0 aliphatic carbocycles. The Balaban J connectivity index is 2.25. The zero-order chi connectivity index (χ0) is 19.9. The van der Waals surface area contributed by atoms with Crippen molar-refractivity contribution in [2.24, 2.45) is 0 Å². The summed E-state index contributed by atoms with van der Waals surface area (Å²) < 4.78 is 5.43. The zero-order valence-corrected chi connectivity index (χ0v) is 17.1. The third kappa shape index (κ3) is 4.97. The largest absolute Gasteiger partial charge is 0.507 e. The maximum atomic E-state index is 10.3. The number of methoxy groups -OCH3 is 1. The van der Waals surface area contributed by atoms with Gasteiger partial charge < -0.3 is 20.5 Å². The van der Waals surface area contributed by atoms with E-state index >= 15 is 0 Å². The molecule has 146 valence electrons. The first-order valence-corrected chi connectivity index (χ1v) is 9.57. The number of nitrogens with one attached hydrogen (secondary N) is 2. The lowest BCUT2D eigenvalue weighted by Crippen LogP contribution is -2.21. The van der Waals surface area contributed by atoms with Crippen LogP contribution in [0.5, 0.6) is 11.5 Å². The monoisotopic (exact) mass is 368 g/mol. The summed E-state index contributed by atoms with van der Waals surface area (Å²) in [6.45, 7) is 7.34. The molecule has 4 nitrogen and oxygen atoms in total. The Kier molecular flexibility index (Phi) is 7.17. The van der Waals surface area contributed by atoms with Gasteiger partial charge in [0.2, 0.25) is 0 Å². The van der Waals surface area contributed by atoms with Crippen LogP contribution in [0.3, 0.4) is 0 Å². The summed E-state index contributed by atoms with van der Waals surface area (Å²) in [4.78, 5) is 0. The van der Waals surface area contributed by atoms with Crippen molar-refractivity contribution in [1.29, 1.82) is 0 Å². The second-order valence-electron chi connectivity index (χ2n) is 6.99. The van der Waals surface area contributed by atoms with Gasteiger partial charge >= 0.3 is 0 Å². The molecule has 0 radical (unpaired) electrons. The quantitative estimate of drug-likeness (QED) is 0.536. The second kappa shape index (κ2) is 9.36. The Labute approximate surface area is 163 Å². The fourth-order valence-electron chi connectivity index (χ4n) is 3.26. The molecule has 0 spiro atoms. The van der Waals surface area contributed by atoms with E-state index in [0.717, 1.165) is 42.1 Å². The molecule has 0 heterocycles. The van der Waals surface area contributed by atoms with Crippen molar-refractivity contribution >= 4 is 17.5 Å². The summed E-state index contributed by atoms with van der Waals surface area (Å²) >= 11 is 0. The Morgan fingerprint density at radius 1 is 1.15 bits per heavy atom. The van der Waals surface area contributed by atoms with E-state index in [0.29, 0.717) is 5.75 Å². The zero-order valence-electron chi connectivity index (χ0n) is 17.1. The molecule has 0 amide bonds. The van der Waals surface area contributed by atoms with Crippen LogP contribution in [-0.4, -0.2) is 25.8 Å². The average Bonchev–Trinajstić information content (AvgIpc) is 2.69. The molecule has 0 aliphatic heterocycles. The highest BCUT2D eigenvalue weighted by molar-refractivity contribution is 5.63. The van der Waals surface area contributed by atoms with Crippen LogP contribution in [-0.2, 0) is 5.41 Å². The van der Waals surface area contributed by atoms with E-state index in [4.69, 9.17) is 4.74 Å². The summed E-state index contributed by atoms with van der Waals surface area (Å²) in [6, 6.07) is 11.9. The summed E-state index contributed by atoms with van der Waals surface area (Å²) in [7, 11) is 3.64. The molecule has 4 heteroatoms. The first-order valence-electron chi connectivity index (χ1n) is 9.57. The smallest absolute Gasteiger partial charge is 0.124 e. The molecule has 0 aromatic heterocycles. The number of hydrogen-bond donors (Lipinski definition) is 3. The molecule has 27 heavy (non-hydrogen) atoms. The molecule has 3 N–H and O–H groups in total. The minimum atomic E-state index is -0.0390. The normalized spacial score (nSPS) is 13.4. The summed E-state index contributed by atoms with van der Waals surface area (Å²) in [5.41, 5.74) is 4.08. The summed E-state index contributed by atoms with van der Waals surface area (Å²) in [6.07, 6.45) is 5.99. The number of phenols is 1. The van der Waals surface area contributed by atoms with Crippen molar-refractivity contribution in [2.45, 2.75) is 39.0 Å². The first kappa shape index (κ1) is 20.7. The molecule has 0 saturated heterocycles. The number of benzene rings is 2. The molecule has 1 unspecified atom stereocenters. The van der Waals surface area contributed by atoms with Crippen molar-refractivity contribution in [3.63, 3.8) is 0 Å². The number of anilines is 2. The van der Waals surface area contributed by atoms with Gasteiger partial charge in [-0.3, -0.25) is 0 Å². The second-order valence-corrected chi connectivity index (χ2v) is 6.99. The predicted octanol–water partition coefficient (Wildman–Crippen LogP) is 5.65. The van der Waals surface area contributed by atoms with Crippen LogP contribution in [0.15, 0.2) is 42.5 Å². The Morgan fingerprint density at radius 3 is 2.52 bits per heavy atom. The Hall–Kier alpha value is -2.62. The van der Waals surface area contributed by atoms with Crippen molar-refractivity contribution in [3.05, 3.63) is 53.6 Å². The van der Waals surface area contributed by atoms with Gasteiger partial charge in [0, 0.05) is 36.6 Å². The van der Waals surface area contributed by atoms with Crippen molar-refractivity contribution in [2.75, 3.05) is 31.3 Å². The van der Waals surface area contributed by atoms with E-state index in [2.05, 4.69) is 42.7 Å². The van der Waals surface area contributed by atoms with Crippen molar-refractivity contribution < 1.29 is 9.84 Å². The number of rotatable bonds is 9. The highest BCUT2D eigenvalue weighted by Gasteiger charge is 2.26. The van der Waals surface area contributed by atoms with Gasteiger partial charge in [0.1, 0.15) is 11.5 Å². The summed E-state index contributed by atoms with van der Waals surface area (Å²) in [5, 5.41) is 16.8. The van der Waals surface area contributed by atoms with Gasteiger partial charge in [-0.2, -0.15) is 0 Å². The fraction of sp³-hybridized carbons (Fsp3) is 0.391. The minimum Gasteiger partial charge on any atom is -0.507 e. The van der Waals surface area contributed by atoms with Crippen LogP contribution in [0, 0.1) is 0 Å². The van der Waals surface area contributed by atoms with Crippen LogP contribution in [0.25, 0.3) is 6.08 Å². The molecule has 0 saturated carbocycles. The first-order chi connectivity index (χ1) is 13.0. The molecule has 2 aromatic rings. The molecule has 0 aliphatic rings. The van der Waals surface area contributed by atoms with E-state index in [-0.39, 0.29) is 5.41 Å². The van der Waals surface area contributed by atoms with Crippen LogP contribution in [0.2, 0.25) is 0 Å². The van der Waals surface area contributed by atoms with E-state index in [1.807, 2.05) is 38.2 Å². The molecular formula is C23H32N2O2. The van der Waals surface area contributed by atoms with Crippen LogP contribution < -0.4 is 15.4 Å². The molecule has 2 aromatic carbocycles. The number of allylic oxidation sites excluding steroid dienone is 1.